The van der Waals surface area contributed by atoms with Crippen LogP contribution in [0.5, 0.6) is 5.88 Å². The maximum atomic E-state index is 12.6. The van der Waals surface area contributed by atoms with Crippen LogP contribution < -0.4 is 14.8 Å². The molecule has 156 valence electrons. The summed E-state index contributed by atoms with van der Waals surface area (Å²) in [7, 11) is -2.38. The zero-order chi connectivity index (χ0) is 20.9. The van der Waals surface area contributed by atoms with Crippen molar-refractivity contribution in [1.82, 2.24) is 9.71 Å². The first-order valence-electron chi connectivity index (χ1n) is 9.42. The predicted molar refractivity (Wildman–Crippen MR) is 108 cm³/mol. The minimum Gasteiger partial charge on any atom is -0.474 e. The summed E-state index contributed by atoms with van der Waals surface area (Å²) in [5.74, 6) is 0.597. The number of rotatable bonds is 6. The molecule has 0 aliphatic heterocycles. The lowest BCUT2D eigenvalue weighted by molar-refractivity contribution is 0.138. The van der Waals surface area contributed by atoms with Gasteiger partial charge in [-0.1, -0.05) is 6.07 Å². The molecule has 2 aromatic rings. The molecule has 0 unspecified atom stereocenters. The van der Waals surface area contributed by atoms with Gasteiger partial charge in [-0.3, -0.25) is 5.32 Å². The number of pyridine rings is 1. The van der Waals surface area contributed by atoms with Gasteiger partial charge in [0.25, 0.3) is 0 Å². The van der Waals surface area contributed by atoms with Crippen LogP contribution in [0.25, 0.3) is 0 Å². The van der Waals surface area contributed by atoms with Crippen LogP contribution in [0.4, 0.5) is 10.5 Å². The van der Waals surface area contributed by atoms with Crippen LogP contribution in [-0.2, 0) is 14.8 Å². The first-order valence-corrected chi connectivity index (χ1v) is 10.9. The molecule has 0 saturated heterocycles. The van der Waals surface area contributed by atoms with Gasteiger partial charge in [0.05, 0.1) is 12.0 Å². The largest absolute Gasteiger partial charge is 0.474 e. The summed E-state index contributed by atoms with van der Waals surface area (Å²) in [5, 5.41) is 2.48. The summed E-state index contributed by atoms with van der Waals surface area (Å²) in [4.78, 5) is 15.6. The third-order valence-electron chi connectivity index (χ3n) is 4.76. The zero-order valence-corrected chi connectivity index (χ0v) is 17.2. The Balaban J connectivity index is 1.52. The number of aryl methyl sites for hydroxylation is 1. The van der Waals surface area contributed by atoms with Crippen molar-refractivity contribution in [2.75, 3.05) is 12.4 Å². The molecule has 1 aliphatic carbocycles. The van der Waals surface area contributed by atoms with Crippen molar-refractivity contribution < 1.29 is 22.7 Å². The maximum absolute atomic E-state index is 12.6. The van der Waals surface area contributed by atoms with Crippen molar-refractivity contribution in [2.24, 2.45) is 0 Å². The molecule has 1 aromatic carbocycles. The summed E-state index contributed by atoms with van der Waals surface area (Å²) in [6, 6.07) is 9.60. The molecule has 0 atom stereocenters. The molecule has 8 nitrogen and oxygen atoms in total. The van der Waals surface area contributed by atoms with Gasteiger partial charge in [0.2, 0.25) is 15.9 Å². The minimum atomic E-state index is -3.64. The van der Waals surface area contributed by atoms with Gasteiger partial charge in [-0.2, -0.15) is 0 Å². The molecular weight excluding hydrogens is 394 g/mol. The van der Waals surface area contributed by atoms with Crippen LogP contribution in [0, 0.1) is 6.92 Å². The molecule has 0 spiro atoms. The molecule has 2 N–H and O–H groups in total. The van der Waals surface area contributed by atoms with Gasteiger partial charge < -0.3 is 9.47 Å². The molecule has 1 saturated carbocycles. The van der Waals surface area contributed by atoms with Crippen molar-refractivity contribution in [3.8, 4) is 5.88 Å². The number of methoxy groups -OCH3 is 1. The molecular formula is C20H25N3O5S. The molecule has 1 heterocycles. The topological polar surface area (TPSA) is 107 Å². The highest BCUT2D eigenvalue weighted by Crippen LogP contribution is 2.24. The fraction of sp³-hybridized carbons (Fsp3) is 0.400. The van der Waals surface area contributed by atoms with Crippen LogP contribution in [0.2, 0.25) is 0 Å². The molecule has 3 rings (SSSR count). The molecule has 1 aromatic heterocycles. The number of benzene rings is 1. The van der Waals surface area contributed by atoms with E-state index in [0.717, 1.165) is 18.4 Å². The van der Waals surface area contributed by atoms with E-state index in [1.807, 2.05) is 19.1 Å². The lowest BCUT2D eigenvalue weighted by Crippen LogP contribution is -2.39. The van der Waals surface area contributed by atoms with E-state index in [-0.39, 0.29) is 17.0 Å². The Morgan fingerprint density at radius 2 is 1.76 bits per heavy atom. The molecule has 1 aliphatic rings. The van der Waals surface area contributed by atoms with Gasteiger partial charge in [-0.25, -0.2) is 22.9 Å². The number of carbonyl (C=O) groups is 1. The average molecular weight is 420 g/mol. The van der Waals surface area contributed by atoms with Gasteiger partial charge in [0.1, 0.15) is 6.10 Å². The fourth-order valence-corrected chi connectivity index (χ4v) is 4.47. The molecule has 1 amide bonds. The molecule has 0 radical (unpaired) electrons. The third-order valence-corrected chi connectivity index (χ3v) is 6.30. The smallest absolute Gasteiger partial charge is 0.411 e. The van der Waals surface area contributed by atoms with Crippen LogP contribution in [0.1, 0.15) is 31.2 Å². The van der Waals surface area contributed by atoms with E-state index in [1.54, 1.807) is 6.20 Å². The van der Waals surface area contributed by atoms with Gasteiger partial charge in [-0.15, -0.1) is 0 Å². The lowest BCUT2D eigenvalue weighted by atomic mass is 9.94. The van der Waals surface area contributed by atoms with E-state index in [9.17, 15) is 13.2 Å². The van der Waals surface area contributed by atoms with Gasteiger partial charge in [-0.05, 0) is 62.4 Å². The molecule has 29 heavy (non-hydrogen) atoms. The number of ether oxygens (including phenoxy) is 2. The Hall–Kier alpha value is -2.65. The number of hydrogen-bond donors (Lipinski definition) is 2. The van der Waals surface area contributed by atoms with E-state index in [4.69, 9.17) is 4.74 Å². The number of hydrogen-bond acceptors (Lipinski definition) is 6. The van der Waals surface area contributed by atoms with Crippen molar-refractivity contribution in [1.29, 1.82) is 0 Å². The first kappa shape index (κ1) is 21.1. The predicted octanol–water partition coefficient (Wildman–Crippen LogP) is 3.24. The zero-order valence-electron chi connectivity index (χ0n) is 16.4. The van der Waals surface area contributed by atoms with Crippen LogP contribution in [0.3, 0.4) is 0 Å². The average Bonchev–Trinajstić information content (AvgIpc) is 2.71. The Labute approximate surface area is 170 Å². The normalized spacial score (nSPS) is 19.4. The Kier molecular flexibility index (Phi) is 6.71. The van der Waals surface area contributed by atoms with Gasteiger partial charge >= 0.3 is 6.09 Å². The number of nitrogens with one attached hydrogen (secondary N) is 2. The summed E-state index contributed by atoms with van der Waals surface area (Å²) in [5.41, 5.74) is 1.53. The van der Waals surface area contributed by atoms with Gasteiger partial charge in [0.15, 0.2) is 0 Å². The van der Waals surface area contributed by atoms with Crippen LogP contribution >= 0.6 is 0 Å². The number of anilines is 1. The van der Waals surface area contributed by atoms with Crippen molar-refractivity contribution in [3.05, 3.63) is 48.2 Å². The second kappa shape index (κ2) is 9.23. The summed E-state index contributed by atoms with van der Waals surface area (Å²) >= 11 is 0. The SMILES string of the molecule is COC(=O)Nc1ccc(S(=O)(=O)NC2CCC(Oc3ccc(C)cn3)CC2)cc1. The van der Waals surface area contributed by atoms with E-state index in [0.29, 0.717) is 24.4 Å². The first-order chi connectivity index (χ1) is 13.9. The van der Waals surface area contributed by atoms with Crippen LogP contribution in [0.15, 0.2) is 47.5 Å². The van der Waals surface area contributed by atoms with E-state index in [1.165, 1.54) is 31.4 Å². The molecule has 1 fully saturated rings. The highest BCUT2D eigenvalue weighted by Gasteiger charge is 2.27. The van der Waals surface area contributed by atoms with Crippen LogP contribution in [-0.4, -0.2) is 38.8 Å². The van der Waals surface area contributed by atoms with Gasteiger partial charge in [0, 0.05) is 24.0 Å². The van der Waals surface area contributed by atoms with E-state index < -0.39 is 16.1 Å². The number of aromatic nitrogens is 1. The number of carbonyl (C=O) groups excluding carboxylic acids is 1. The highest BCUT2D eigenvalue weighted by atomic mass is 32.2. The Morgan fingerprint density at radius 3 is 2.34 bits per heavy atom. The van der Waals surface area contributed by atoms with Crippen molar-refractivity contribution in [3.63, 3.8) is 0 Å². The Morgan fingerprint density at radius 1 is 1.07 bits per heavy atom. The minimum absolute atomic E-state index is 0.0367. The maximum Gasteiger partial charge on any atom is 0.411 e. The van der Waals surface area contributed by atoms with Crippen molar-refractivity contribution >= 4 is 21.8 Å². The lowest BCUT2D eigenvalue weighted by Gasteiger charge is -2.29. The molecule has 0 bridgehead atoms. The number of sulfonamides is 1. The van der Waals surface area contributed by atoms with Crippen molar-refractivity contribution in [2.45, 2.75) is 49.6 Å². The number of nitrogens with zero attached hydrogens (tertiary/aromatic N) is 1. The second-order valence-corrected chi connectivity index (χ2v) is 8.74. The third kappa shape index (κ3) is 5.91. The van der Waals surface area contributed by atoms with E-state index in [2.05, 4.69) is 19.8 Å². The number of amides is 1. The molecule has 9 heteroatoms. The quantitative estimate of drug-likeness (QED) is 0.744. The second-order valence-electron chi connectivity index (χ2n) is 7.03. The van der Waals surface area contributed by atoms with E-state index >= 15 is 0 Å². The highest BCUT2D eigenvalue weighted by molar-refractivity contribution is 7.89. The summed E-state index contributed by atoms with van der Waals surface area (Å²) < 4.78 is 38.4. The standard InChI is InChI=1S/C20H25N3O5S/c1-14-3-12-19(21-13-14)28-17-8-4-16(5-9-17)23-29(25,26)18-10-6-15(7-11-18)22-20(24)27-2/h3,6-7,10-13,16-17,23H,4-5,8-9H2,1-2H3,(H,22,24). The monoisotopic (exact) mass is 419 g/mol. The Bertz CT molecular complexity index is 922. The summed E-state index contributed by atoms with van der Waals surface area (Å²) in [6.45, 7) is 1.97. The summed E-state index contributed by atoms with van der Waals surface area (Å²) in [6.07, 6.45) is 4.08. The fourth-order valence-electron chi connectivity index (χ4n) is 3.17.